The Bertz CT molecular complexity index is 317. The zero-order chi connectivity index (χ0) is 10.0. The van der Waals surface area contributed by atoms with Crippen LogP contribution in [0.5, 0.6) is 0 Å². The smallest absolute Gasteiger partial charge is 0.269 e. The molecule has 0 aliphatic rings. The molecule has 0 bridgehead atoms. The van der Waals surface area contributed by atoms with Gasteiger partial charge in [-0.1, -0.05) is 0 Å². The van der Waals surface area contributed by atoms with E-state index >= 15 is 0 Å². The normalized spacial score (nSPS) is 10.9. The van der Waals surface area contributed by atoms with E-state index in [0.29, 0.717) is 0 Å². The van der Waals surface area contributed by atoms with Crippen LogP contribution in [0.1, 0.15) is 17.6 Å². The summed E-state index contributed by atoms with van der Waals surface area (Å²) in [7, 11) is 0. The van der Waals surface area contributed by atoms with Crippen LogP contribution in [0.4, 0.5) is 13.2 Å². The molecule has 1 aromatic rings. The Hall–Kier alpha value is -0.370. The van der Waals surface area contributed by atoms with Crippen LogP contribution in [0.3, 0.4) is 0 Å². The van der Waals surface area contributed by atoms with Crippen LogP contribution in [0, 0.1) is 9.52 Å². The van der Waals surface area contributed by atoms with Crippen LogP contribution < -0.4 is 5.73 Å². The summed E-state index contributed by atoms with van der Waals surface area (Å²) in [6.07, 6.45) is -1.69. The number of aromatic nitrogens is 1. The number of hydrogen-bond acceptors (Lipinski definition) is 2. The molecular formula is C7H6F3IN2. The van der Waals surface area contributed by atoms with E-state index in [1.807, 2.05) is 0 Å². The zero-order valence-electron chi connectivity index (χ0n) is 6.40. The lowest BCUT2D eigenvalue weighted by Crippen LogP contribution is -2.06. The topological polar surface area (TPSA) is 38.9 Å². The fourth-order valence-corrected chi connectivity index (χ4v) is 1.46. The van der Waals surface area contributed by atoms with Gasteiger partial charge in [0, 0.05) is 18.3 Å². The number of alkyl halides is 2. The van der Waals surface area contributed by atoms with Crippen molar-refractivity contribution < 1.29 is 13.2 Å². The van der Waals surface area contributed by atoms with Crippen molar-refractivity contribution in [3.05, 3.63) is 26.8 Å². The van der Waals surface area contributed by atoms with Crippen LogP contribution in [0.2, 0.25) is 0 Å². The summed E-state index contributed by atoms with van der Waals surface area (Å²) in [6.45, 7) is -0.129. The van der Waals surface area contributed by atoms with E-state index < -0.39 is 17.8 Å². The Labute approximate surface area is 86.5 Å². The minimum absolute atomic E-state index is 0.00992. The van der Waals surface area contributed by atoms with E-state index in [1.54, 1.807) is 22.6 Å². The van der Waals surface area contributed by atoms with Gasteiger partial charge >= 0.3 is 0 Å². The number of rotatable bonds is 2. The molecule has 0 saturated carbocycles. The van der Waals surface area contributed by atoms with E-state index in [4.69, 9.17) is 5.73 Å². The summed E-state index contributed by atoms with van der Waals surface area (Å²) in [5.41, 5.74) is 4.49. The second-order valence-electron chi connectivity index (χ2n) is 2.31. The summed E-state index contributed by atoms with van der Waals surface area (Å²) >= 11 is 1.56. The molecule has 13 heavy (non-hydrogen) atoms. The molecule has 0 saturated heterocycles. The highest BCUT2D eigenvalue weighted by Crippen LogP contribution is 2.27. The van der Waals surface area contributed by atoms with Crippen molar-refractivity contribution in [2.75, 3.05) is 0 Å². The summed E-state index contributed by atoms with van der Waals surface area (Å²) in [5, 5.41) is 0. The van der Waals surface area contributed by atoms with Crippen molar-refractivity contribution in [2.24, 2.45) is 5.73 Å². The summed E-state index contributed by atoms with van der Waals surface area (Å²) in [6, 6.07) is 0. The Morgan fingerprint density at radius 3 is 2.62 bits per heavy atom. The van der Waals surface area contributed by atoms with E-state index in [9.17, 15) is 13.2 Å². The maximum atomic E-state index is 13.2. The maximum absolute atomic E-state index is 13.2. The van der Waals surface area contributed by atoms with Crippen LogP contribution in [-0.4, -0.2) is 4.98 Å². The van der Waals surface area contributed by atoms with Gasteiger partial charge in [0.05, 0.1) is 5.56 Å². The minimum Gasteiger partial charge on any atom is -0.326 e. The van der Waals surface area contributed by atoms with Crippen LogP contribution >= 0.6 is 22.6 Å². The first-order valence-corrected chi connectivity index (χ1v) is 4.46. The molecule has 2 N–H and O–H groups in total. The molecule has 2 nitrogen and oxygen atoms in total. The van der Waals surface area contributed by atoms with Crippen LogP contribution in [-0.2, 0) is 6.54 Å². The number of pyridine rings is 1. The summed E-state index contributed by atoms with van der Waals surface area (Å²) in [5.74, 6) is -0.947. The quantitative estimate of drug-likeness (QED) is 0.672. The number of hydrogen-bond donors (Lipinski definition) is 1. The van der Waals surface area contributed by atoms with Crippen molar-refractivity contribution in [3.63, 3.8) is 0 Å². The van der Waals surface area contributed by atoms with Crippen LogP contribution in [0.15, 0.2) is 6.20 Å². The molecule has 0 aliphatic heterocycles. The predicted octanol–water partition coefficient (Wildman–Crippen LogP) is 2.22. The fraction of sp³-hybridized carbons (Fsp3) is 0.286. The lowest BCUT2D eigenvalue weighted by Gasteiger charge is -2.06. The second-order valence-corrected chi connectivity index (χ2v) is 3.33. The number of halogens is 4. The first kappa shape index (κ1) is 10.7. The molecule has 0 amide bonds. The molecule has 0 fully saturated rings. The highest BCUT2D eigenvalue weighted by atomic mass is 127. The molecule has 1 heterocycles. The molecule has 0 aromatic carbocycles. The van der Waals surface area contributed by atoms with Gasteiger partial charge in [0.1, 0.15) is 9.52 Å². The molecule has 1 aromatic heterocycles. The fourth-order valence-electron chi connectivity index (χ4n) is 0.852. The molecule has 1 rings (SSSR count). The zero-order valence-corrected chi connectivity index (χ0v) is 8.56. The van der Waals surface area contributed by atoms with Gasteiger partial charge in [0.2, 0.25) is 0 Å². The summed E-state index contributed by atoms with van der Waals surface area (Å²) < 4.78 is 37.7. The van der Waals surface area contributed by atoms with Gasteiger partial charge in [0.25, 0.3) is 6.43 Å². The van der Waals surface area contributed by atoms with Crippen molar-refractivity contribution in [2.45, 2.75) is 13.0 Å². The van der Waals surface area contributed by atoms with Gasteiger partial charge in [-0.3, -0.25) is 0 Å². The Morgan fingerprint density at radius 1 is 1.54 bits per heavy atom. The third kappa shape index (κ3) is 2.11. The molecule has 0 aliphatic carbocycles. The van der Waals surface area contributed by atoms with Crippen molar-refractivity contribution >= 4 is 22.6 Å². The SMILES string of the molecule is NCc1cnc(I)c(C(F)F)c1F. The van der Waals surface area contributed by atoms with Gasteiger partial charge in [-0.25, -0.2) is 18.2 Å². The third-order valence-corrected chi connectivity index (χ3v) is 2.37. The standard InChI is InChI=1S/C7H6F3IN2/c8-5-3(1-12)2-13-7(11)4(5)6(9)10/h2,6H,1,12H2. The predicted molar refractivity (Wildman–Crippen MR) is 49.8 cm³/mol. The highest BCUT2D eigenvalue weighted by Gasteiger charge is 2.20. The van der Waals surface area contributed by atoms with Crippen LogP contribution in [0.25, 0.3) is 0 Å². The molecule has 72 valence electrons. The van der Waals surface area contributed by atoms with E-state index in [0.717, 1.165) is 0 Å². The third-order valence-electron chi connectivity index (χ3n) is 1.51. The Kier molecular flexibility index (Phi) is 3.48. The Morgan fingerprint density at radius 2 is 2.15 bits per heavy atom. The average molecular weight is 302 g/mol. The van der Waals surface area contributed by atoms with Crippen molar-refractivity contribution in [3.8, 4) is 0 Å². The summed E-state index contributed by atoms with van der Waals surface area (Å²) in [4.78, 5) is 3.62. The van der Waals surface area contributed by atoms with Gasteiger partial charge in [-0.05, 0) is 22.6 Å². The lowest BCUT2D eigenvalue weighted by molar-refractivity contribution is 0.144. The number of nitrogens with two attached hydrogens (primary N) is 1. The molecular weight excluding hydrogens is 296 g/mol. The van der Waals surface area contributed by atoms with E-state index in [1.165, 1.54) is 6.20 Å². The second kappa shape index (κ2) is 4.23. The van der Waals surface area contributed by atoms with Gasteiger partial charge in [0.15, 0.2) is 0 Å². The minimum atomic E-state index is -2.86. The van der Waals surface area contributed by atoms with Gasteiger partial charge in [-0.15, -0.1) is 0 Å². The van der Waals surface area contributed by atoms with E-state index in [-0.39, 0.29) is 15.8 Å². The molecule has 6 heteroatoms. The van der Waals surface area contributed by atoms with Crippen molar-refractivity contribution in [1.29, 1.82) is 0 Å². The molecule has 0 radical (unpaired) electrons. The lowest BCUT2D eigenvalue weighted by atomic mass is 10.2. The monoisotopic (exact) mass is 302 g/mol. The first-order chi connectivity index (χ1) is 6.07. The molecule has 0 spiro atoms. The average Bonchev–Trinajstić information content (AvgIpc) is 2.04. The number of nitrogens with zero attached hydrogens (tertiary/aromatic N) is 1. The first-order valence-electron chi connectivity index (χ1n) is 3.39. The van der Waals surface area contributed by atoms with Gasteiger partial charge in [-0.2, -0.15) is 0 Å². The van der Waals surface area contributed by atoms with Gasteiger partial charge < -0.3 is 5.73 Å². The largest absolute Gasteiger partial charge is 0.326 e. The Balaban J connectivity index is 3.30. The van der Waals surface area contributed by atoms with Crippen molar-refractivity contribution in [1.82, 2.24) is 4.98 Å². The molecule has 0 atom stereocenters. The van der Waals surface area contributed by atoms with E-state index in [2.05, 4.69) is 4.98 Å². The maximum Gasteiger partial charge on any atom is 0.269 e. The molecule has 0 unspecified atom stereocenters. The highest BCUT2D eigenvalue weighted by molar-refractivity contribution is 14.1.